The van der Waals surface area contributed by atoms with E-state index >= 15 is 0 Å². The molecule has 5 heteroatoms. The van der Waals surface area contributed by atoms with E-state index in [-0.39, 0.29) is 17.4 Å². The fourth-order valence-electron chi connectivity index (χ4n) is 0.610. The number of aromatic nitrogens is 2. The summed E-state index contributed by atoms with van der Waals surface area (Å²) in [5.74, 6) is 0. The Morgan fingerprint density at radius 3 is 2.55 bits per heavy atom. The number of H-pyrrole nitrogens is 1. The van der Waals surface area contributed by atoms with Crippen molar-refractivity contribution in [2.75, 3.05) is 7.11 Å². The van der Waals surface area contributed by atoms with Crippen LogP contribution in [0.4, 0.5) is 0 Å². The summed E-state index contributed by atoms with van der Waals surface area (Å²) in [6.07, 6.45) is 0. The minimum absolute atomic E-state index is 0.0596. The molecule has 0 amide bonds. The van der Waals surface area contributed by atoms with E-state index in [1.165, 1.54) is 7.11 Å². The first kappa shape index (κ1) is 7.10. The molecule has 1 aromatic heterocycles. The lowest BCUT2D eigenvalue weighted by Gasteiger charge is -1.86. The first-order valence-electron chi connectivity index (χ1n) is 2.76. The average Bonchev–Trinajstić information content (AvgIpc) is 2.46. The van der Waals surface area contributed by atoms with Crippen LogP contribution in [0, 0.1) is 22.7 Å². The van der Waals surface area contributed by atoms with Crippen LogP contribution in [-0.2, 0) is 0 Å². The Morgan fingerprint density at radius 2 is 2.18 bits per heavy atom. The Hall–Kier alpha value is -2.01. The molecule has 0 spiro atoms. The number of ether oxygens (including phenoxy) is 1. The molecule has 11 heavy (non-hydrogen) atoms. The van der Waals surface area contributed by atoms with Crippen molar-refractivity contribution in [1.29, 1.82) is 10.5 Å². The molecule has 5 nitrogen and oxygen atoms in total. The number of rotatable bonds is 1. The van der Waals surface area contributed by atoms with Crippen LogP contribution in [0.25, 0.3) is 0 Å². The molecule has 0 aliphatic carbocycles. The zero-order chi connectivity index (χ0) is 8.27. The third kappa shape index (κ3) is 1.12. The van der Waals surface area contributed by atoms with Gasteiger partial charge in [0.15, 0.2) is 11.4 Å². The molecule has 0 fully saturated rings. The van der Waals surface area contributed by atoms with Gasteiger partial charge in [-0.2, -0.15) is 15.5 Å². The van der Waals surface area contributed by atoms with Crippen LogP contribution >= 0.6 is 0 Å². The number of hydrogen-bond donors (Lipinski definition) is 1. The van der Waals surface area contributed by atoms with Gasteiger partial charge in [0.2, 0.25) is 0 Å². The summed E-state index contributed by atoms with van der Waals surface area (Å²) >= 11 is 0. The van der Waals surface area contributed by atoms with Crippen LogP contribution in [-0.4, -0.2) is 17.1 Å². The second kappa shape index (κ2) is 2.72. The predicted octanol–water partition coefficient (Wildman–Crippen LogP) is 0.162. The van der Waals surface area contributed by atoms with E-state index in [1.54, 1.807) is 12.1 Å². The lowest BCUT2D eigenvalue weighted by molar-refractivity contribution is 0.384. The van der Waals surface area contributed by atoms with Crippen molar-refractivity contribution in [2.45, 2.75) is 0 Å². The van der Waals surface area contributed by atoms with Crippen molar-refractivity contribution in [3.63, 3.8) is 0 Å². The number of aromatic amines is 1. The molecule has 54 valence electrons. The second-order valence-corrected chi connectivity index (χ2v) is 1.69. The molecule has 0 radical (unpaired) electrons. The van der Waals surface area contributed by atoms with E-state index in [9.17, 15) is 0 Å². The highest BCUT2D eigenvalue weighted by atomic mass is 16.5. The van der Waals surface area contributed by atoms with Crippen LogP contribution in [0.1, 0.15) is 11.4 Å². The summed E-state index contributed by atoms with van der Waals surface area (Å²) in [5.41, 5.74) is 0.189. The minimum Gasteiger partial charge on any atom is -0.468 e. The molecule has 0 bridgehead atoms. The van der Waals surface area contributed by atoms with Gasteiger partial charge in [0.25, 0.3) is 6.01 Å². The van der Waals surface area contributed by atoms with Crippen molar-refractivity contribution in [1.82, 2.24) is 9.97 Å². The molecule has 0 aliphatic heterocycles. The quantitative estimate of drug-likeness (QED) is 0.614. The van der Waals surface area contributed by atoms with Crippen LogP contribution in [0.3, 0.4) is 0 Å². The Bertz CT molecular complexity index is 309. The maximum atomic E-state index is 8.43. The van der Waals surface area contributed by atoms with Gasteiger partial charge in [0.05, 0.1) is 7.11 Å². The molecule has 0 aromatic carbocycles. The molecule has 1 heterocycles. The lowest BCUT2D eigenvalue weighted by atomic mass is 10.4. The molecular weight excluding hydrogens is 144 g/mol. The monoisotopic (exact) mass is 148 g/mol. The molecule has 0 saturated heterocycles. The number of nitriles is 2. The molecular formula is C6H4N4O. The van der Waals surface area contributed by atoms with E-state index in [0.717, 1.165) is 0 Å². The fraction of sp³-hybridized carbons (Fsp3) is 0.167. The summed E-state index contributed by atoms with van der Waals surface area (Å²) in [5, 5.41) is 16.8. The molecule has 1 aromatic rings. The van der Waals surface area contributed by atoms with Crippen LogP contribution < -0.4 is 4.74 Å². The van der Waals surface area contributed by atoms with E-state index in [0.29, 0.717) is 0 Å². The van der Waals surface area contributed by atoms with E-state index < -0.39 is 0 Å². The topological polar surface area (TPSA) is 85.5 Å². The van der Waals surface area contributed by atoms with Gasteiger partial charge in [0, 0.05) is 0 Å². The highest BCUT2D eigenvalue weighted by Gasteiger charge is 2.07. The molecule has 1 N–H and O–H groups in total. The van der Waals surface area contributed by atoms with Crippen molar-refractivity contribution < 1.29 is 4.74 Å². The SMILES string of the molecule is COc1nc(C#N)c(C#N)[nH]1. The van der Waals surface area contributed by atoms with Gasteiger partial charge in [-0.05, 0) is 0 Å². The van der Waals surface area contributed by atoms with Gasteiger partial charge in [-0.25, -0.2) is 0 Å². The van der Waals surface area contributed by atoms with Crippen molar-refractivity contribution in [3.8, 4) is 18.1 Å². The Kier molecular flexibility index (Phi) is 1.75. The Balaban J connectivity index is 3.18. The van der Waals surface area contributed by atoms with Gasteiger partial charge in [-0.1, -0.05) is 0 Å². The molecule has 0 unspecified atom stereocenters. The first-order chi connectivity index (χ1) is 5.31. The number of hydrogen-bond acceptors (Lipinski definition) is 4. The average molecular weight is 148 g/mol. The number of methoxy groups -OCH3 is 1. The summed E-state index contributed by atoms with van der Waals surface area (Å²) in [6, 6.07) is 3.72. The number of imidazole rings is 1. The Labute approximate surface area is 62.9 Å². The first-order valence-corrected chi connectivity index (χ1v) is 2.76. The highest BCUT2D eigenvalue weighted by molar-refractivity contribution is 5.37. The van der Waals surface area contributed by atoms with Crippen LogP contribution in [0.15, 0.2) is 0 Å². The zero-order valence-corrected chi connectivity index (χ0v) is 5.75. The van der Waals surface area contributed by atoms with Crippen LogP contribution in [0.5, 0.6) is 6.01 Å². The molecule has 0 atom stereocenters. The molecule has 0 saturated carbocycles. The largest absolute Gasteiger partial charge is 0.468 e. The number of nitrogens with zero attached hydrogens (tertiary/aromatic N) is 3. The maximum Gasteiger partial charge on any atom is 0.295 e. The zero-order valence-electron chi connectivity index (χ0n) is 5.75. The predicted molar refractivity (Wildman–Crippen MR) is 34.6 cm³/mol. The number of nitrogens with one attached hydrogen (secondary N) is 1. The molecule has 0 aliphatic rings. The summed E-state index contributed by atoms with van der Waals surface area (Å²) in [4.78, 5) is 6.17. The lowest BCUT2D eigenvalue weighted by Crippen LogP contribution is -1.83. The van der Waals surface area contributed by atoms with Gasteiger partial charge >= 0.3 is 0 Å². The summed E-state index contributed by atoms with van der Waals surface area (Å²) < 4.78 is 4.67. The standard InChI is InChI=1S/C6H4N4O/c1-11-6-9-4(2-7)5(3-8)10-6/h1H3,(H,9,10). The maximum absolute atomic E-state index is 8.43. The third-order valence-corrected chi connectivity index (χ3v) is 1.09. The second-order valence-electron chi connectivity index (χ2n) is 1.69. The Morgan fingerprint density at radius 1 is 1.45 bits per heavy atom. The smallest absolute Gasteiger partial charge is 0.295 e. The van der Waals surface area contributed by atoms with Gasteiger partial charge in [-0.3, -0.25) is 4.98 Å². The fourth-order valence-corrected chi connectivity index (χ4v) is 0.610. The van der Waals surface area contributed by atoms with Gasteiger partial charge < -0.3 is 4.74 Å². The third-order valence-electron chi connectivity index (χ3n) is 1.09. The summed E-state index contributed by atoms with van der Waals surface area (Å²) in [6.45, 7) is 0. The highest BCUT2D eigenvalue weighted by Crippen LogP contribution is 2.08. The van der Waals surface area contributed by atoms with E-state index in [1.807, 2.05) is 0 Å². The van der Waals surface area contributed by atoms with Crippen LogP contribution in [0.2, 0.25) is 0 Å². The minimum atomic E-state index is 0.0596. The van der Waals surface area contributed by atoms with Crippen molar-refractivity contribution in [3.05, 3.63) is 11.4 Å². The van der Waals surface area contributed by atoms with Gasteiger partial charge in [-0.15, -0.1) is 0 Å². The molecule has 1 rings (SSSR count). The van der Waals surface area contributed by atoms with Crippen molar-refractivity contribution in [2.24, 2.45) is 0 Å². The van der Waals surface area contributed by atoms with E-state index in [2.05, 4.69) is 14.7 Å². The van der Waals surface area contributed by atoms with Gasteiger partial charge in [0.1, 0.15) is 12.1 Å². The summed E-state index contributed by atoms with van der Waals surface area (Å²) in [7, 11) is 1.40. The van der Waals surface area contributed by atoms with E-state index in [4.69, 9.17) is 10.5 Å². The normalized spacial score (nSPS) is 8.27. The van der Waals surface area contributed by atoms with Crippen molar-refractivity contribution >= 4 is 0 Å².